The van der Waals surface area contributed by atoms with Gasteiger partial charge in [-0.25, -0.2) is 0 Å². The van der Waals surface area contributed by atoms with Crippen molar-refractivity contribution in [3.05, 3.63) is 76.6 Å². The molecule has 0 saturated carbocycles. The zero-order valence-corrected chi connectivity index (χ0v) is 24.6. The van der Waals surface area contributed by atoms with Crippen molar-refractivity contribution in [3.8, 4) is 11.3 Å². The van der Waals surface area contributed by atoms with Gasteiger partial charge >= 0.3 is 0 Å². The largest absolute Gasteiger partial charge is 0.512 e. The van der Waals surface area contributed by atoms with E-state index in [9.17, 15) is 9.90 Å². The van der Waals surface area contributed by atoms with Crippen LogP contribution < -0.4 is 0 Å². The van der Waals surface area contributed by atoms with Crippen LogP contribution in [-0.2, 0) is 24.9 Å². The van der Waals surface area contributed by atoms with Crippen LogP contribution in [0, 0.1) is 44.6 Å². The Morgan fingerprint density at radius 1 is 0.882 bits per heavy atom. The van der Waals surface area contributed by atoms with E-state index in [0.717, 1.165) is 16.8 Å². The average molecular weight is 637 g/mol. The molecule has 3 rings (SSSR count). The van der Waals surface area contributed by atoms with Gasteiger partial charge in [0.25, 0.3) is 0 Å². The van der Waals surface area contributed by atoms with Crippen LogP contribution in [-0.4, -0.2) is 15.9 Å². The molecular formula is C30H38IrNO2-. The number of ketones is 1. The number of fused-ring (bicyclic) bond motifs is 1. The van der Waals surface area contributed by atoms with Gasteiger partial charge in [0.2, 0.25) is 0 Å². The first-order valence-electron chi connectivity index (χ1n) is 11.4. The van der Waals surface area contributed by atoms with Crippen molar-refractivity contribution in [1.29, 1.82) is 0 Å². The predicted octanol–water partition coefficient (Wildman–Crippen LogP) is 8.02. The van der Waals surface area contributed by atoms with E-state index >= 15 is 0 Å². The third kappa shape index (κ3) is 7.89. The van der Waals surface area contributed by atoms with Gasteiger partial charge in [-0.2, -0.15) is 0 Å². The fourth-order valence-corrected chi connectivity index (χ4v) is 3.23. The van der Waals surface area contributed by atoms with E-state index in [4.69, 9.17) is 4.98 Å². The van der Waals surface area contributed by atoms with E-state index in [2.05, 4.69) is 64.1 Å². The summed E-state index contributed by atoms with van der Waals surface area (Å²) in [5.74, 6) is 0.104. The number of nitrogens with zero attached hydrogens (tertiary/aromatic N) is 1. The summed E-state index contributed by atoms with van der Waals surface area (Å²) in [6, 6.07) is 16.2. The number of aromatic nitrogens is 1. The van der Waals surface area contributed by atoms with Crippen LogP contribution in [0.25, 0.3) is 22.2 Å². The number of hydrogen-bond acceptors (Lipinski definition) is 3. The number of allylic oxidation sites excluding steroid dienone is 2. The van der Waals surface area contributed by atoms with Gasteiger partial charge in [-0.1, -0.05) is 73.6 Å². The Morgan fingerprint density at radius 3 is 2.03 bits per heavy atom. The van der Waals surface area contributed by atoms with Crippen LogP contribution in [0.1, 0.15) is 63.8 Å². The van der Waals surface area contributed by atoms with E-state index in [-0.39, 0.29) is 37.1 Å². The van der Waals surface area contributed by atoms with Crippen LogP contribution in [0.3, 0.4) is 0 Å². The van der Waals surface area contributed by atoms with E-state index < -0.39 is 5.41 Å². The van der Waals surface area contributed by atoms with Gasteiger partial charge in [0, 0.05) is 42.4 Å². The predicted molar refractivity (Wildman–Crippen MR) is 140 cm³/mol. The Kier molecular flexibility index (Phi) is 9.99. The van der Waals surface area contributed by atoms with Crippen LogP contribution in [0.4, 0.5) is 0 Å². The molecule has 0 aliphatic heterocycles. The first kappa shape index (κ1) is 29.7. The SMILES string of the molecule is CC(C)(C)C(=O)/C=C(\O)C(C)(C)C.Cc1c[c-]c(-c2cc(C)c3ccc(C)cc3n2)c(C)c1.[Ir]. The number of rotatable bonds is 2. The smallest absolute Gasteiger partial charge is 0.164 e. The van der Waals surface area contributed by atoms with Gasteiger partial charge < -0.3 is 5.11 Å². The zero-order chi connectivity index (χ0) is 25.1. The van der Waals surface area contributed by atoms with E-state index in [0.29, 0.717) is 0 Å². The minimum Gasteiger partial charge on any atom is -0.512 e. The zero-order valence-electron chi connectivity index (χ0n) is 22.2. The van der Waals surface area contributed by atoms with Crippen LogP contribution in [0.5, 0.6) is 0 Å². The van der Waals surface area contributed by atoms with Gasteiger partial charge in [0.05, 0.1) is 5.52 Å². The van der Waals surface area contributed by atoms with Crippen molar-refractivity contribution in [2.75, 3.05) is 0 Å². The fourth-order valence-electron chi connectivity index (χ4n) is 3.23. The molecule has 4 heteroatoms. The summed E-state index contributed by atoms with van der Waals surface area (Å²) >= 11 is 0. The number of benzene rings is 2. The van der Waals surface area contributed by atoms with Crippen molar-refractivity contribution < 1.29 is 30.0 Å². The number of aliphatic hydroxyl groups excluding tert-OH is 1. The second-order valence-electron chi connectivity index (χ2n) is 11.0. The van der Waals surface area contributed by atoms with Crippen molar-refractivity contribution in [1.82, 2.24) is 4.98 Å². The molecule has 3 nitrogen and oxygen atoms in total. The number of aliphatic hydroxyl groups is 1. The number of hydrogen-bond donors (Lipinski definition) is 1. The standard InChI is InChI=1S/C19H18N.C11H20O2.Ir/c1-12-5-7-16(14(3)9-12)19-11-15(4)17-8-6-13(2)10-18(17)20-19;1-10(2,3)8(12)7-9(13)11(4,5)6;/h5-6,8-11H,1-4H3;7,12H,1-6H3;/q-1;;/b;8-7-;. The van der Waals surface area contributed by atoms with Crippen LogP contribution in [0.15, 0.2) is 48.2 Å². The molecule has 3 aromatic rings. The maximum Gasteiger partial charge on any atom is 0.164 e. The average Bonchev–Trinajstić information content (AvgIpc) is 2.66. The molecule has 0 aliphatic rings. The summed E-state index contributed by atoms with van der Waals surface area (Å²) in [5.41, 5.74) is 7.38. The third-order valence-electron chi connectivity index (χ3n) is 5.49. The molecule has 1 heterocycles. The Labute approximate surface area is 219 Å². The molecular weight excluding hydrogens is 599 g/mol. The fraction of sp³-hybridized carbons (Fsp3) is 0.400. The molecule has 34 heavy (non-hydrogen) atoms. The molecule has 0 aliphatic carbocycles. The number of aryl methyl sites for hydroxylation is 4. The first-order valence-corrected chi connectivity index (χ1v) is 11.4. The number of carbonyl (C=O) groups is 1. The Morgan fingerprint density at radius 2 is 1.50 bits per heavy atom. The van der Waals surface area contributed by atoms with Gasteiger partial charge in [-0.3, -0.25) is 9.78 Å². The van der Waals surface area contributed by atoms with Crippen molar-refractivity contribution in [2.24, 2.45) is 10.8 Å². The Hall–Kier alpha value is -2.29. The Bertz CT molecular complexity index is 1190. The summed E-state index contributed by atoms with van der Waals surface area (Å²) in [4.78, 5) is 16.3. The topological polar surface area (TPSA) is 50.2 Å². The third-order valence-corrected chi connectivity index (χ3v) is 5.49. The molecule has 0 amide bonds. The summed E-state index contributed by atoms with van der Waals surface area (Å²) in [5, 5.41) is 10.8. The molecule has 185 valence electrons. The maximum absolute atomic E-state index is 11.5. The van der Waals surface area contributed by atoms with Crippen molar-refractivity contribution in [3.63, 3.8) is 0 Å². The Balaban J connectivity index is 0.000000364. The molecule has 2 aromatic carbocycles. The van der Waals surface area contributed by atoms with Gasteiger partial charge in [0.1, 0.15) is 5.76 Å². The summed E-state index contributed by atoms with van der Waals surface area (Å²) in [6.07, 6.45) is 1.33. The van der Waals surface area contributed by atoms with Crippen molar-refractivity contribution in [2.45, 2.75) is 69.2 Å². The minimum absolute atomic E-state index is 0. The molecule has 0 saturated heterocycles. The minimum atomic E-state index is -0.417. The van der Waals surface area contributed by atoms with Gasteiger partial charge in [-0.05, 0) is 36.7 Å². The second kappa shape index (κ2) is 11.4. The maximum atomic E-state index is 11.5. The number of carbonyl (C=O) groups excluding carboxylic acids is 1. The second-order valence-corrected chi connectivity index (χ2v) is 11.0. The quantitative estimate of drug-likeness (QED) is 0.176. The van der Waals surface area contributed by atoms with Gasteiger partial charge in [0.15, 0.2) is 5.78 Å². The molecule has 0 fully saturated rings. The summed E-state index contributed by atoms with van der Waals surface area (Å²) < 4.78 is 0. The monoisotopic (exact) mass is 637 g/mol. The molecule has 0 unspecified atom stereocenters. The van der Waals surface area contributed by atoms with Crippen molar-refractivity contribution >= 4 is 16.7 Å². The van der Waals surface area contributed by atoms with E-state index in [1.54, 1.807) is 0 Å². The molecule has 1 N–H and O–H groups in total. The van der Waals surface area contributed by atoms with Crippen LogP contribution in [0.2, 0.25) is 0 Å². The van der Waals surface area contributed by atoms with Crippen LogP contribution >= 0.6 is 0 Å². The first-order chi connectivity index (χ1) is 15.1. The number of pyridine rings is 1. The molecule has 1 aromatic heterocycles. The molecule has 0 atom stereocenters. The molecule has 0 bridgehead atoms. The van der Waals surface area contributed by atoms with E-state index in [1.165, 1.54) is 33.7 Å². The normalized spacial score (nSPS) is 12.0. The summed E-state index contributed by atoms with van der Waals surface area (Å²) in [6.45, 7) is 19.6. The summed E-state index contributed by atoms with van der Waals surface area (Å²) in [7, 11) is 0. The molecule has 1 radical (unpaired) electrons. The molecule has 0 spiro atoms. The van der Waals surface area contributed by atoms with E-state index in [1.807, 2.05) is 47.6 Å². The van der Waals surface area contributed by atoms with Gasteiger partial charge in [-0.15, -0.1) is 34.9 Å².